The maximum Gasteiger partial charge on any atom is 0.515 e. The summed E-state index contributed by atoms with van der Waals surface area (Å²) in [7, 11) is 0. The minimum atomic E-state index is -4.47. The molecule has 0 aliphatic carbocycles. The van der Waals surface area contributed by atoms with Gasteiger partial charge in [0.1, 0.15) is 22.4 Å². The van der Waals surface area contributed by atoms with Crippen molar-refractivity contribution in [2.75, 3.05) is 0 Å². The number of thioether (sulfide) groups is 1. The Morgan fingerprint density at radius 1 is 0.951 bits per heavy atom. The lowest BCUT2D eigenvalue weighted by molar-refractivity contribution is -0.137. The number of aromatic carboxylic acids is 1. The molecule has 0 saturated carbocycles. The van der Waals surface area contributed by atoms with Gasteiger partial charge >= 0.3 is 12.1 Å². The van der Waals surface area contributed by atoms with Crippen LogP contribution in [0.5, 0.6) is 11.5 Å². The third-order valence-corrected chi connectivity index (χ3v) is 8.05. The molecule has 0 radical (unpaired) electrons. The number of ether oxygens (including phenoxy) is 1. The fourth-order valence-electron chi connectivity index (χ4n) is 4.09. The van der Waals surface area contributed by atoms with E-state index in [-0.39, 0.29) is 11.1 Å². The molecule has 4 aromatic carbocycles. The van der Waals surface area contributed by atoms with Crippen LogP contribution < -0.4 is 10.2 Å². The van der Waals surface area contributed by atoms with E-state index < -0.39 is 17.7 Å². The number of nitrogens with one attached hydrogen (secondary N) is 1. The van der Waals surface area contributed by atoms with Gasteiger partial charge in [-0.25, -0.2) is 5.43 Å². The van der Waals surface area contributed by atoms with Crippen LogP contribution in [0.1, 0.15) is 33.2 Å². The Hall–Kier alpha value is -3.63. The first-order chi connectivity index (χ1) is 19.5. The highest BCUT2D eigenvalue weighted by Crippen LogP contribution is 2.43. The average molecular weight is 618 g/mol. The summed E-state index contributed by atoms with van der Waals surface area (Å²) < 4.78 is 45.2. The van der Waals surface area contributed by atoms with Crippen LogP contribution in [0.25, 0.3) is 6.08 Å². The highest BCUT2D eigenvalue weighted by atomic mass is 35.5. The molecule has 1 unspecified atom stereocenters. The van der Waals surface area contributed by atoms with Gasteiger partial charge in [0.05, 0.1) is 27.2 Å². The van der Waals surface area contributed by atoms with E-state index in [0.29, 0.717) is 27.9 Å². The number of hydrazine groups is 1. The molecule has 4 aromatic rings. The molecule has 1 aliphatic rings. The second kappa shape index (κ2) is 12.1. The van der Waals surface area contributed by atoms with Crippen molar-refractivity contribution in [1.82, 2.24) is 10.4 Å². The van der Waals surface area contributed by atoms with Gasteiger partial charge in [-0.3, -0.25) is 5.01 Å². The Balaban J connectivity index is 1.41. The summed E-state index contributed by atoms with van der Waals surface area (Å²) in [6, 6.07) is 24.0. The van der Waals surface area contributed by atoms with Crippen LogP contribution in [0.15, 0.2) is 96.0 Å². The van der Waals surface area contributed by atoms with Crippen molar-refractivity contribution >= 4 is 47.0 Å². The molecule has 0 spiro atoms. The first-order valence-electron chi connectivity index (χ1n) is 12.2. The molecule has 3 N–H and O–H groups in total. The molecule has 0 amide bonds. The molecule has 1 fully saturated rings. The molecule has 1 heterocycles. The predicted molar refractivity (Wildman–Crippen MR) is 157 cm³/mol. The zero-order chi connectivity index (χ0) is 29.1. The molecule has 1 atom stereocenters. The van der Waals surface area contributed by atoms with E-state index in [1.165, 1.54) is 23.9 Å². The molecule has 0 aromatic heterocycles. The topological polar surface area (TPSA) is 66.1 Å². The summed E-state index contributed by atoms with van der Waals surface area (Å²) in [4.78, 5) is 9.33. The van der Waals surface area contributed by atoms with Crippen molar-refractivity contribution in [3.8, 4) is 11.5 Å². The van der Waals surface area contributed by atoms with Crippen LogP contribution in [0.3, 0.4) is 0 Å². The number of rotatable bonds is 7. The largest absolute Gasteiger partial charge is 0.515 e. The van der Waals surface area contributed by atoms with Crippen LogP contribution in [0.4, 0.5) is 13.2 Å². The monoisotopic (exact) mass is 617 g/mol. The third-order valence-electron chi connectivity index (χ3n) is 6.12. The van der Waals surface area contributed by atoms with Gasteiger partial charge in [0.15, 0.2) is 0 Å². The second-order valence-electron chi connectivity index (χ2n) is 9.09. The Morgan fingerprint density at radius 3 is 2.34 bits per heavy atom. The number of nitrogens with zero attached hydrogens (tertiary/aromatic N) is 1. The Labute approximate surface area is 248 Å². The minimum Gasteiger partial charge on any atom is -0.457 e. The smallest absolute Gasteiger partial charge is 0.457 e. The van der Waals surface area contributed by atoms with Crippen molar-refractivity contribution in [2.24, 2.45) is 0 Å². The van der Waals surface area contributed by atoms with Crippen LogP contribution in [-0.4, -0.2) is 20.9 Å². The number of halogens is 5. The summed E-state index contributed by atoms with van der Waals surface area (Å²) >= 11 is 13.9. The number of carboxylic acid groups (broad SMARTS) is 1. The Kier molecular flexibility index (Phi) is 8.51. The number of benzene rings is 4. The minimum absolute atomic E-state index is 0.0837. The molecule has 5 rings (SSSR count). The van der Waals surface area contributed by atoms with E-state index in [1.54, 1.807) is 54.6 Å². The fourth-order valence-corrected chi connectivity index (χ4v) is 5.55. The lowest BCUT2D eigenvalue weighted by atomic mass is 10.1. The van der Waals surface area contributed by atoms with Crippen LogP contribution in [0, 0.1) is 0 Å². The molecule has 5 nitrogen and oxygen atoms in total. The van der Waals surface area contributed by atoms with Gasteiger partial charge < -0.3 is 14.6 Å². The highest BCUT2D eigenvalue weighted by Gasteiger charge is 2.31. The zero-order valence-corrected chi connectivity index (χ0v) is 23.4. The van der Waals surface area contributed by atoms with Gasteiger partial charge in [-0.2, -0.15) is 13.2 Å². The number of aliphatic hydroxyl groups excluding tert-OH is 1. The van der Waals surface area contributed by atoms with Gasteiger partial charge in [0, 0.05) is 0 Å². The van der Waals surface area contributed by atoms with Gasteiger partial charge in [-0.05, 0) is 77.4 Å². The van der Waals surface area contributed by atoms with Crippen molar-refractivity contribution in [3.63, 3.8) is 0 Å². The molecule has 210 valence electrons. The van der Waals surface area contributed by atoms with Crippen LogP contribution in [-0.2, 0) is 12.7 Å². The normalized spacial score (nSPS) is 16.3. The average Bonchev–Trinajstić information content (AvgIpc) is 3.33. The Bertz CT molecular complexity index is 1610. The summed E-state index contributed by atoms with van der Waals surface area (Å²) in [5.41, 5.74) is 5.58. The van der Waals surface area contributed by atoms with Crippen molar-refractivity contribution in [1.29, 1.82) is 0 Å². The van der Waals surface area contributed by atoms with E-state index in [4.69, 9.17) is 27.9 Å². The van der Waals surface area contributed by atoms with E-state index in [0.717, 1.165) is 33.9 Å². The molecule has 0 bridgehead atoms. The maximum absolute atomic E-state index is 13.1. The van der Waals surface area contributed by atoms with E-state index in [1.807, 2.05) is 23.2 Å². The van der Waals surface area contributed by atoms with Crippen LogP contribution >= 0.6 is 35.0 Å². The zero-order valence-electron chi connectivity index (χ0n) is 21.1. The first-order valence-corrected chi connectivity index (χ1v) is 13.8. The molecule has 1 aliphatic heterocycles. The van der Waals surface area contributed by atoms with Gasteiger partial charge in [0.2, 0.25) is 0 Å². The van der Waals surface area contributed by atoms with Crippen LogP contribution in [0.2, 0.25) is 10.0 Å². The lowest BCUT2D eigenvalue weighted by Crippen LogP contribution is -2.30. The van der Waals surface area contributed by atoms with E-state index >= 15 is 0 Å². The number of alkyl halides is 3. The van der Waals surface area contributed by atoms with Gasteiger partial charge in [-0.15, -0.1) is 0 Å². The number of carboxylic acids is 1. The summed E-state index contributed by atoms with van der Waals surface area (Å²) in [5, 5.41) is 12.8. The highest BCUT2D eigenvalue weighted by molar-refractivity contribution is 8.03. The standard InChI is InChI=1S/C30H21Cl2F3N2O3S/c31-25-12-9-19(13-26(25)32)14-27-37(17-18-7-10-20(11-8-18)29(38)39)36-28(41-27)21-3-1-5-23(15-21)40-24-6-2-4-22(16-24)30(33,34)35/h1-16,28,36H,17H2,(H,38,39)/p+1/b27-14-. The molecule has 11 heteroatoms. The number of hydrogen-bond acceptors (Lipinski definition) is 4. The van der Waals surface area contributed by atoms with E-state index in [2.05, 4.69) is 5.43 Å². The quantitative estimate of drug-likeness (QED) is 0.203. The molecule has 41 heavy (non-hydrogen) atoms. The second-order valence-corrected chi connectivity index (χ2v) is 11.0. The van der Waals surface area contributed by atoms with Gasteiger partial charge in [0.25, 0.3) is 0 Å². The summed E-state index contributed by atoms with van der Waals surface area (Å²) in [5.74, 6) is -0.271. The van der Waals surface area contributed by atoms with Gasteiger partial charge in [-0.1, -0.05) is 71.4 Å². The van der Waals surface area contributed by atoms with Crippen molar-refractivity contribution in [3.05, 3.63) is 134 Å². The van der Waals surface area contributed by atoms with E-state index in [9.17, 15) is 23.1 Å². The molecular formula is C30H22Cl2F3N2O3S+. The Morgan fingerprint density at radius 2 is 1.66 bits per heavy atom. The van der Waals surface area contributed by atoms with Crippen molar-refractivity contribution in [2.45, 2.75) is 18.1 Å². The number of hydrogen-bond donors (Lipinski definition) is 2. The summed E-state index contributed by atoms with van der Waals surface area (Å²) in [6.07, 6.45) is -2.51. The molecule has 1 saturated heterocycles. The van der Waals surface area contributed by atoms with Crippen molar-refractivity contribution < 1.29 is 27.8 Å². The lowest BCUT2D eigenvalue weighted by Gasteiger charge is -2.20. The third kappa shape index (κ3) is 7.18. The SMILES string of the molecule is OC(=[OH+])c1ccc(CN2NC(c3cccc(Oc4cccc(C(F)(F)F)c4)c3)S/C2=C\c2ccc(Cl)c(Cl)c2)cc1. The summed E-state index contributed by atoms with van der Waals surface area (Å²) in [6.45, 7) is 0.448. The predicted octanol–water partition coefficient (Wildman–Crippen LogP) is 8.96. The maximum atomic E-state index is 13.1. The first kappa shape index (κ1) is 28.9. The fraction of sp³-hybridized carbons (Fsp3) is 0.100. The molecular weight excluding hydrogens is 596 g/mol.